The molecule has 1 atom stereocenters. The molecule has 4 aromatic carbocycles. The zero-order valence-electron chi connectivity index (χ0n) is 28.7. The van der Waals surface area contributed by atoms with Gasteiger partial charge in [-0.2, -0.15) is 10.2 Å². The van der Waals surface area contributed by atoms with E-state index < -0.39 is 0 Å². The molecule has 0 spiro atoms. The van der Waals surface area contributed by atoms with E-state index in [0.29, 0.717) is 18.6 Å². The molecular formula is C40H44N8O2. The van der Waals surface area contributed by atoms with Gasteiger partial charge in [0.05, 0.1) is 35.7 Å². The van der Waals surface area contributed by atoms with Gasteiger partial charge in [-0.3, -0.25) is 14.3 Å². The van der Waals surface area contributed by atoms with Crippen LogP contribution in [0.15, 0.2) is 109 Å². The molecule has 4 heterocycles. The molecule has 2 fully saturated rings. The Labute approximate surface area is 292 Å². The Morgan fingerprint density at radius 2 is 1.20 bits per heavy atom. The number of nitrogens with one attached hydrogen (secondary N) is 2. The highest BCUT2D eigenvalue weighted by Gasteiger charge is 2.24. The molecule has 0 radical (unpaired) electrons. The average molecular weight is 669 g/mol. The summed E-state index contributed by atoms with van der Waals surface area (Å²) in [6.45, 7) is 4.53. The molecule has 10 nitrogen and oxygen atoms in total. The second-order valence-corrected chi connectivity index (χ2v) is 13.2. The molecule has 0 unspecified atom stereocenters. The number of carbonyl (C=O) groups excluding carboxylic acids is 2. The third kappa shape index (κ3) is 7.17. The number of fused-ring (bicyclic) bond motifs is 2. The van der Waals surface area contributed by atoms with Crippen molar-refractivity contribution in [2.24, 2.45) is 0 Å². The van der Waals surface area contributed by atoms with Crippen molar-refractivity contribution >= 4 is 33.6 Å². The molecule has 2 aliphatic heterocycles. The van der Waals surface area contributed by atoms with E-state index in [4.69, 9.17) is 0 Å². The molecule has 2 saturated heterocycles. The maximum absolute atomic E-state index is 12.7. The third-order valence-electron chi connectivity index (χ3n) is 10.00. The molecule has 2 amide bonds. The summed E-state index contributed by atoms with van der Waals surface area (Å²) < 4.78 is 3.89. The predicted molar refractivity (Wildman–Crippen MR) is 198 cm³/mol. The summed E-state index contributed by atoms with van der Waals surface area (Å²) in [6.07, 6.45) is 6.79. The van der Waals surface area contributed by atoms with Crippen LogP contribution in [0.5, 0.6) is 0 Å². The first kappa shape index (κ1) is 33.2. The summed E-state index contributed by atoms with van der Waals surface area (Å²) in [4.78, 5) is 29.1. The molecule has 0 saturated carbocycles. The molecule has 0 aliphatic carbocycles. The highest BCUT2D eigenvalue weighted by Crippen LogP contribution is 2.20. The van der Waals surface area contributed by atoms with Crippen molar-refractivity contribution in [3.63, 3.8) is 0 Å². The standard InChI is InChI=1S/2C20H22N4O/c1-23(17-10-12-21-13-11-17)20(25)15-6-8-18(9-7-15)24-19-5-3-2-4-16(19)14-22-24;1-23(18-10-11-21-13-18)20(25)16-8-6-15(7-9-16)14-24-19-5-3-2-4-17(19)12-22-24/h2-9,14,17,21H,10-13H2,1H3;2-9,12,18,21H,10-11,13-14H2,1H3/t;18-/m.1/s1. The van der Waals surface area contributed by atoms with Gasteiger partial charge in [-0.05, 0) is 93.0 Å². The Bertz CT molecular complexity index is 2060. The molecule has 2 aromatic heterocycles. The SMILES string of the molecule is CN(C(=O)c1ccc(-n2ncc3ccccc32)cc1)C1CCNCC1.CN(C(=O)c1ccc(Cn2ncc3ccccc32)cc1)[C@@H]1CCNC1. The van der Waals surface area contributed by atoms with E-state index >= 15 is 0 Å². The topological polar surface area (TPSA) is 100 Å². The lowest BCUT2D eigenvalue weighted by atomic mass is 10.0. The predicted octanol–water partition coefficient (Wildman–Crippen LogP) is 5.37. The molecule has 6 aromatic rings. The number of rotatable bonds is 7. The summed E-state index contributed by atoms with van der Waals surface area (Å²) >= 11 is 0. The minimum Gasteiger partial charge on any atom is -0.339 e. The van der Waals surface area contributed by atoms with Crippen LogP contribution in [0.2, 0.25) is 0 Å². The van der Waals surface area contributed by atoms with E-state index in [9.17, 15) is 9.59 Å². The molecule has 0 bridgehead atoms. The first-order valence-electron chi connectivity index (χ1n) is 17.4. The Kier molecular flexibility index (Phi) is 10.00. The molecule has 8 rings (SSSR count). The maximum Gasteiger partial charge on any atom is 0.253 e. The van der Waals surface area contributed by atoms with Crippen LogP contribution in [-0.4, -0.2) is 93.5 Å². The van der Waals surface area contributed by atoms with E-state index in [1.165, 1.54) is 0 Å². The molecule has 2 aliphatic rings. The second kappa shape index (κ2) is 15.1. The van der Waals surface area contributed by atoms with Crippen LogP contribution in [0.3, 0.4) is 0 Å². The van der Waals surface area contributed by atoms with Crippen LogP contribution in [0, 0.1) is 0 Å². The number of likely N-dealkylation sites (N-methyl/N-ethyl adjacent to an activating group) is 1. The molecular weight excluding hydrogens is 624 g/mol. The van der Waals surface area contributed by atoms with Crippen molar-refractivity contribution in [1.29, 1.82) is 0 Å². The first-order valence-corrected chi connectivity index (χ1v) is 17.4. The van der Waals surface area contributed by atoms with E-state index in [-0.39, 0.29) is 11.8 Å². The summed E-state index contributed by atoms with van der Waals surface area (Å²) in [6, 6.07) is 32.5. The zero-order chi connectivity index (χ0) is 34.5. The van der Waals surface area contributed by atoms with Crippen LogP contribution < -0.4 is 10.6 Å². The number of piperidine rings is 1. The van der Waals surface area contributed by atoms with Crippen molar-refractivity contribution < 1.29 is 9.59 Å². The van der Waals surface area contributed by atoms with Gasteiger partial charge in [0.1, 0.15) is 0 Å². The number of aromatic nitrogens is 4. The van der Waals surface area contributed by atoms with Gasteiger partial charge in [-0.1, -0.05) is 48.5 Å². The van der Waals surface area contributed by atoms with Crippen LogP contribution >= 0.6 is 0 Å². The Morgan fingerprint density at radius 1 is 0.660 bits per heavy atom. The van der Waals surface area contributed by atoms with Gasteiger partial charge in [0.2, 0.25) is 0 Å². The van der Waals surface area contributed by atoms with E-state index in [1.807, 2.05) is 131 Å². The lowest BCUT2D eigenvalue weighted by Crippen LogP contribution is -2.43. The van der Waals surface area contributed by atoms with Crippen molar-refractivity contribution in [2.75, 3.05) is 40.3 Å². The van der Waals surface area contributed by atoms with Crippen LogP contribution in [0.4, 0.5) is 0 Å². The normalized spacial score (nSPS) is 16.2. The summed E-state index contributed by atoms with van der Waals surface area (Å²) in [5, 5.41) is 17.8. The Morgan fingerprint density at radius 3 is 1.86 bits per heavy atom. The van der Waals surface area contributed by atoms with Crippen LogP contribution in [0.1, 0.15) is 45.5 Å². The van der Waals surface area contributed by atoms with Gasteiger partial charge < -0.3 is 20.4 Å². The minimum absolute atomic E-state index is 0.0868. The number of carbonyl (C=O) groups is 2. The fourth-order valence-electron chi connectivity index (χ4n) is 6.90. The highest BCUT2D eigenvalue weighted by molar-refractivity contribution is 5.95. The van der Waals surface area contributed by atoms with E-state index in [1.54, 1.807) is 0 Å². The molecule has 2 N–H and O–H groups in total. The quantitative estimate of drug-likeness (QED) is 0.238. The summed E-state index contributed by atoms with van der Waals surface area (Å²) in [5.41, 5.74) is 5.74. The fraction of sp³-hybridized carbons (Fsp3) is 0.300. The molecule has 10 heteroatoms. The Hall–Kier alpha value is -5.32. The average Bonchev–Trinajstić information content (AvgIpc) is 3.96. The maximum atomic E-state index is 12.7. The number of benzene rings is 4. The number of nitrogens with zero attached hydrogens (tertiary/aromatic N) is 6. The second-order valence-electron chi connectivity index (χ2n) is 13.2. The number of hydrogen-bond acceptors (Lipinski definition) is 6. The number of hydrogen-bond donors (Lipinski definition) is 2. The third-order valence-corrected chi connectivity index (χ3v) is 10.00. The number of para-hydroxylation sites is 2. The summed E-state index contributed by atoms with van der Waals surface area (Å²) in [7, 11) is 3.80. The summed E-state index contributed by atoms with van der Waals surface area (Å²) in [5.74, 6) is 0.175. The zero-order valence-corrected chi connectivity index (χ0v) is 28.7. The van der Waals surface area contributed by atoms with Crippen LogP contribution in [-0.2, 0) is 6.54 Å². The van der Waals surface area contributed by atoms with Gasteiger partial charge in [-0.25, -0.2) is 4.68 Å². The fourth-order valence-corrected chi connectivity index (χ4v) is 6.90. The monoisotopic (exact) mass is 668 g/mol. The molecule has 50 heavy (non-hydrogen) atoms. The lowest BCUT2D eigenvalue weighted by molar-refractivity contribution is 0.0702. The van der Waals surface area contributed by atoms with Gasteiger partial charge in [-0.15, -0.1) is 0 Å². The van der Waals surface area contributed by atoms with E-state index in [0.717, 1.165) is 89.6 Å². The van der Waals surface area contributed by atoms with Gasteiger partial charge in [0.25, 0.3) is 11.8 Å². The lowest BCUT2D eigenvalue weighted by Gasteiger charge is -2.31. The van der Waals surface area contributed by atoms with Crippen molar-refractivity contribution in [2.45, 2.75) is 37.9 Å². The minimum atomic E-state index is 0.0868. The Balaban J connectivity index is 0.000000157. The van der Waals surface area contributed by atoms with Gasteiger partial charge >= 0.3 is 0 Å². The smallest absolute Gasteiger partial charge is 0.253 e. The van der Waals surface area contributed by atoms with Gasteiger partial charge in [0.15, 0.2) is 0 Å². The molecule has 256 valence electrons. The van der Waals surface area contributed by atoms with Crippen molar-refractivity contribution in [1.82, 2.24) is 40.0 Å². The first-order chi connectivity index (χ1) is 24.5. The van der Waals surface area contributed by atoms with E-state index in [2.05, 4.69) is 33.0 Å². The largest absolute Gasteiger partial charge is 0.339 e. The number of amides is 2. The highest BCUT2D eigenvalue weighted by atomic mass is 16.2. The van der Waals surface area contributed by atoms with Gasteiger partial charge in [0, 0.05) is 54.6 Å². The van der Waals surface area contributed by atoms with Crippen molar-refractivity contribution in [3.8, 4) is 5.69 Å². The van der Waals surface area contributed by atoms with Crippen LogP contribution in [0.25, 0.3) is 27.5 Å². The van der Waals surface area contributed by atoms with Crippen molar-refractivity contribution in [3.05, 3.63) is 126 Å².